The Balaban J connectivity index is 2.25. The lowest BCUT2D eigenvalue weighted by molar-refractivity contribution is -0.120. The van der Waals surface area contributed by atoms with E-state index in [0.29, 0.717) is 0 Å². The summed E-state index contributed by atoms with van der Waals surface area (Å²) in [5.41, 5.74) is 5.37. The number of hydrogen-bond donors (Lipinski definition) is 2. The number of nitrogens with two attached hydrogens (primary N) is 1. The van der Waals surface area contributed by atoms with Crippen LogP contribution in [0.5, 0.6) is 0 Å². The smallest absolute Gasteiger partial charge is 0.234 e. The number of primary amides is 1. The molecule has 1 atom stereocenters. The van der Waals surface area contributed by atoms with Gasteiger partial charge >= 0.3 is 0 Å². The fourth-order valence-electron chi connectivity index (χ4n) is 2.32. The highest BCUT2D eigenvalue weighted by molar-refractivity contribution is 5.79. The Hall–Kier alpha value is -0.610. The molecule has 1 amide bonds. The predicted octanol–water partition coefficient (Wildman–Crippen LogP) is 0.962. The third kappa shape index (κ3) is 5.04. The zero-order valence-electron chi connectivity index (χ0n) is 11.2. The van der Waals surface area contributed by atoms with Gasteiger partial charge in [-0.15, -0.1) is 0 Å². The monoisotopic (exact) mass is 241 g/mol. The van der Waals surface area contributed by atoms with E-state index in [9.17, 15) is 4.79 Å². The summed E-state index contributed by atoms with van der Waals surface area (Å²) >= 11 is 0. The quantitative estimate of drug-likeness (QED) is 0.632. The van der Waals surface area contributed by atoms with Gasteiger partial charge in [0.05, 0.1) is 6.04 Å². The average molecular weight is 241 g/mol. The van der Waals surface area contributed by atoms with Gasteiger partial charge in [0.25, 0.3) is 0 Å². The van der Waals surface area contributed by atoms with Crippen LogP contribution in [0.25, 0.3) is 0 Å². The standard InChI is InChI=1S/C13H27N3O/c1-3-15-12(13(14)17)8-9-16(4-2)10-11-6-5-7-11/h11-12,15H,3-10H2,1-2H3,(H2,14,17). The van der Waals surface area contributed by atoms with Crippen molar-refractivity contribution in [1.82, 2.24) is 10.2 Å². The molecule has 1 aliphatic carbocycles. The lowest BCUT2D eigenvalue weighted by Crippen LogP contribution is -2.44. The molecule has 0 radical (unpaired) electrons. The van der Waals surface area contributed by atoms with Crippen molar-refractivity contribution in [3.8, 4) is 0 Å². The molecule has 0 aromatic rings. The molecule has 0 heterocycles. The van der Waals surface area contributed by atoms with Crippen molar-refractivity contribution in [3.05, 3.63) is 0 Å². The fourth-order valence-corrected chi connectivity index (χ4v) is 2.32. The second kappa shape index (κ2) is 7.67. The van der Waals surface area contributed by atoms with E-state index in [1.165, 1.54) is 25.8 Å². The first-order chi connectivity index (χ1) is 8.17. The molecule has 0 aliphatic heterocycles. The minimum absolute atomic E-state index is 0.171. The first-order valence-corrected chi connectivity index (χ1v) is 6.92. The van der Waals surface area contributed by atoms with E-state index in [2.05, 4.69) is 17.1 Å². The minimum atomic E-state index is -0.230. The maximum Gasteiger partial charge on any atom is 0.234 e. The molecule has 1 saturated carbocycles. The van der Waals surface area contributed by atoms with Gasteiger partial charge in [-0.05, 0) is 38.3 Å². The van der Waals surface area contributed by atoms with E-state index >= 15 is 0 Å². The van der Waals surface area contributed by atoms with Crippen LogP contribution in [-0.4, -0.2) is 43.0 Å². The lowest BCUT2D eigenvalue weighted by atomic mass is 9.85. The largest absolute Gasteiger partial charge is 0.368 e. The molecule has 0 bridgehead atoms. The number of rotatable bonds is 9. The molecule has 0 spiro atoms. The van der Waals surface area contributed by atoms with Crippen LogP contribution in [0.15, 0.2) is 0 Å². The minimum Gasteiger partial charge on any atom is -0.368 e. The molecule has 1 rings (SSSR count). The molecular formula is C13H27N3O. The molecular weight excluding hydrogens is 214 g/mol. The topological polar surface area (TPSA) is 58.4 Å². The zero-order valence-corrected chi connectivity index (χ0v) is 11.2. The highest BCUT2D eigenvalue weighted by Crippen LogP contribution is 2.27. The van der Waals surface area contributed by atoms with Crippen molar-refractivity contribution in [2.45, 2.75) is 45.6 Å². The summed E-state index contributed by atoms with van der Waals surface area (Å²) in [6.07, 6.45) is 4.97. The number of nitrogens with one attached hydrogen (secondary N) is 1. The summed E-state index contributed by atoms with van der Waals surface area (Å²) in [6, 6.07) is -0.171. The molecule has 1 aliphatic rings. The van der Waals surface area contributed by atoms with Crippen molar-refractivity contribution in [2.24, 2.45) is 11.7 Å². The van der Waals surface area contributed by atoms with Crippen LogP contribution in [-0.2, 0) is 4.79 Å². The van der Waals surface area contributed by atoms with Gasteiger partial charge in [-0.1, -0.05) is 20.3 Å². The molecule has 0 saturated heterocycles. The maximum atomic E-state index is 11.2. The van der Waals surface area contributed by atoms with Crippen molar-refractivity contribution >= 4 is 5.91 Å². The summed E-state index contributed by atoms with van der Waals surface area (Å²) < 4.78 is 0. The first kappa shape index (κ1) is 14.5. The summed E-state index contributed by atoms with van der Waals surface area (Å²) in [7, 11) is 0. The van der Waals surface area contributed by atoms with Gasteiger partial charge in [0.1, 0.15) is 0 Å². The van der Waals surface area contributed by atoms with E-state index in [0.717, 1.165) is 32.0 Å². The van der Waals surface area contributed by atoms with Crippen molar-refractivity contribution < 1.29 is 4.79 Å². The Morgan fingerprint density at radius 3 is 2.59 bits per heavy atom. The average Bonchev–Trinajstić information content (AvgIpc) is 2.25. The molecule has 1 unspecified atom stereocenters. The molecule has 3 N–H and O–H groups in total. The Kier molecular flexibility index (Phi) is 6.52. The fraction of sp³-hybridized carbons (Fsp3) is 0.923. The predicted molar refractivity (Wildman–Crippen MR) is 70.7 cm³/mol. The van der Waals surface area contributed by atoms with Crippen molar-refractivity contribution in [3.63, 3.8) is 0 Å². The van der Waals surface area contributed by atoms with Crippen molar-refractivity contribution in [2.75, 3.05) is 26.2 Å². The summed E-state index contributed by atoms with van der Waals surface area (Å²) in [5, 5.41) is 3.14. The number of carbonyl (C=O) groups is 1. The summed E-state index contributed by atoms with van der Waals surface area (Å²) in [6.45, 7) is 8.20. The highest BCUT2D eigenvalue weighted by Gasteiger charge is 2.21. The summed E-state index contributed by atoms with van der Waals surface area (Å²) in [4.78, 5) is 13.7. The number of carbonyl (C=O) groups excluding carboxylic acids is 1. The van der Waals surface area contributed by atoms with Crippen LogP contribution >= 0.6 is 0 Å². The molecule has 1 fully saturated rings. The Bertz CT molecular complexity index is 229. The van der Waals surface area contributed by atoms with Gasteiger partial charge in [0, 0.05) is 13.1 Å². The molecule has 17 heavy (non-hydrogen) atoms. The van der Waals surface area contributed by atoms with Crippen LogP contribution in [0.4, 0.5) is 0 Å². The van der Waals surface area contributed by atoms with Crippen LogP contribution in [0.2, 0.25) is 0 Å². The Morgan fingerprint density at radius 2 is 2.18 bits per heavy atom. The van der Waals surface area contributed by atoms with Gasteiger partial charge in [-0.25, -0.2) is 0 Å². The SMILES string of the molecule is CCNC(CCN(CC)CC1CCC1)C(N)=O. The molecule has 4 nitrogen and oxygen atoms in total. The maximum absolute atomic E-state index is 11.2. The van der Waals surface area contributed by atoms with Gasteiger partial charge in [0.2, 0.25) is 5.91 Å². The number of hydrogen-bond acceptors (Lipinski definition) is 3. The number of amides is 1. The van der Waals surface area contributed by atoms with Crippen LogP contribution < -0.4 is 11.1 Å². The third-order valence-electron chi connectivity index (χ3n) is 3.72. The highest BCUT2D eigenvalue weighted by atomic mass is 16.1. The van der Waals surface area contributed by atoms with Gasteiger partial charge in [-0.2, -0.15) is 0 Å². The molecule has 0 aromatic heterocycles. The van der Waals surface area contributed by atoms with Gasteiger partial charge < -0.3 is 16.0 Å². The van der Waals surface area contributed by atoms with E-state index in [1.54, 1.807) is 0 Å². The van der Waals surface area contributed by atoms with E-state index in [4.69, 9.17) is 5.73 Å². The second-order valence-corrected chi connectivity index (χ2v) is 4.99. The van der Waals surface area contributed by atoms with Crippen LogP contribution in [0.3, 0.4) is 0 Å². The first-order valence-electron chi connectivity index (χ1n) is 6.92. The Morgan fingerprint density at radius 1 is 1.47 bits per heavy atom. The Labute approximate surface area is 105 Å². The van der Waals surface area contributed by atoms with E-state index in [1.807, 2.05) is 6.92 Å². The molecule has 0 aromatic carbocycles. The van der Waals surface area contributed by atoms with E-state index < -0.39 is 0 Å². The zero-order chi connectivity index (χ0) is 12.7. The second-order valence-electron chi connectivity index (χ2n) is 4.99. The van der Waals surface area contributed by atoms with Crippen LogP contribution in [0, 0.1) is 5.92 Å². The van der Waals surface area contributed by atoms with Gasteiger partial charge in [-0.3, -0.25) is 4.79 Å². The van der Waals surface area contributed by atoms with Crippen molar-refractivity contribution in [1.29, 1.82) is 0 Å². The van der Waals surface area contributed by atoms with E-state index in [-0.39, 0.29) is 11.9 Å². The third-order valence-corrected chi connectivity index (χ3v) is 3.72. The normalized spacial score (nSPS) is 18.1. The number of likely N-dealkylation sites (N-methyl/N-ethyl adjacent to an activating group) is 1. The van der Waals surface area contributed by atoms with Gasteiger partial charge in [0.15, 0.2) is 0 Å². The lowest BCUT2D eigenvalue weighted by Gasteiger charge is -2.32. The van der Waals surface area contributed by atoms with Crippen LogP contribution in [0.1, 0.15) is 39.5 Å². The summed E-state index contributed by atoms with van der Waals surface area (Å²) in [5.74, 6) is 0.660. The molecule has 4 heteroatoms. The molecule has 100 valence electrons. The number of nitrogens with zero attached hydrogens (tertiary/aromatic N) is 1.